The lowest BCUT2D eigenvalue weighted by Crippen LogP contribution is -2.24. The van der Waals surface area contributed by atoms with Crippen molar-refractivity contribution in [1.82, 2.24) is 25.7 Å². The minimum absolute atomic E-state index is 0.236. The Morgan fingerprint density at radius 2 is 2.33 bits per heavy atom. The monoisotopic (exact) mass is 303 g/mol. The molecule has 0 aliphatic heterocycles. The number of rotatable bonds is 4. The Labute approximate surface area is 124 Å². The highest BCUT2D eigenvalue weighted by molar-refractivity contribution is 7.13. The first kappa shape index (κ1) is 13.5. The van der Waals surface area contributed by atoms with E-state index in [1.807, 2.05) is 17.5 Å². The predicted octanol–water partition coefficient (Wildman–Crippen LogP) is 2.07. The van der Waals surface area contributed by atoms with Crippen molar-refractivity contribution in [3.8, 4) is 10.7 Å². The largest absolute Gasteiger partial charge is 0.361 e. The van der Waals surface area contributed by atoms with E-state index in [1.165, 1.54) is 0 Å². The van der Waals surface area contributed by atoms with Gasteiger partial charge in [-0.15, -0.1) is 11.3 Å². The Morgan fingerprint density at radius 3 is 3.00 bits per heavy atom. The first-order valence-corrected chi connectivity index (χ1v) is 7.19. The number of aromatic nitrogens is 4. The summed E-state index contributed by atoms with van der Waals surface area (Å²) < 4.78 is 4.98. The van der Waals surface area contributed by atoms with E-state index >= 15 is 0 Å². The second-order valence-corrected chi connectivity index (χ2v) is 5.41. The quantitative estimate of drug-likeness (QED) is 0.769. The van der Waals surface area contributed by atoms with Crippen molar-refractivity contribution in [3.63, 3.8) is 0 Å². The molecule has 0 aromatic carbocycles. The van der Waals surface area contributed by atoms with Crippen molar-refractivity contribution in [1.29, 1.82) is 0 Å². The molecule has 0 atom stereocenters. The number of nitrogens with one attached hydrogen (secondary N) is 2. The van der Waals surface area contributed by atoms with Gasteiger partial charge in [0.2, 0.25) is 0 Å². The lowest BCUT2D eigenvalue weighted by atomic mass is 10.2. The first-order chi connectivity index (χ1) is 10.1. The Kier molecular flexibility index (Phi) is 3.53. The Hall–Kier alpha value is -2.48. The van der Waals surface area contributed by atoms with Crippen LogP contribution < -0.4 is 5.32 Å². The number of carbonyl (C=O) groups is 1. The molecule has 3 aromatic rings. The normalized spacial score (nSPS) is 10.8. The van der Waals surface area contributed by atoms with Crippen LogP contribution in [0.2, 0.25) is 0 Å². The minimum atomic E-state index is -0.236. The summed E-state index contributed by atoms with van der Waals surface area (Å²) in [6.07, 6.45) is 0. The van der Waals surface area contributed by atoms with Gasteiger partial charge in [-0.25, -0.2) is 4.98 Å². The van der Waals surface area contributed by atoms with E-state index in [0.29, 0.717) is 28.7 Å². The number of aromatic amines is 1. The molecule has 2 N–H and O–H groups in total. The summed E-state index contributed by atoms with van der Waals surface area (Å²) in [5, 5.41) is 15.4. The first-order valence-electron chi connectivity index (χ1n) is 6.31. The number of H-pyrrole nitrogens is 1. The minimum Gasteiger partial charge on any atom is -0.361 e. The third-order valence-electron chi connectivity index (χ3n) is 2.95. The zero-order valence-electron chi connectivity index (χ0n) is 11.5. The van der Waals surface area contributed by atoms with Crippen molar-refractivity contribution >= 4 is 17.2 Å². The molecule has 0 aliphatic rings. The summed E-state index contributed by atoms with van der Waals surface area (Å²) in [5.41, 5.74) is 1.04. The fourth-order valence-corrected chi connectivity index (χ4v) is 2.61. The maximum atomic E-state index is 12.1. The van der Waals surface area contributed by atoms with Crippen LogP contribution in [0.15, 0.2) is 22.0 Å². The molecule has 21 heavy (non-hydrogen) atoms. The molecule has 0 unspecified atom stereocenters. The van der Waals surface area contributed by atoms with E-state index in [0.717, 1.165) is 4.88 Å². The number of hydrogen-bond donors (Lipinski definition) is 2. The molecule has 8 heteroatoms. The van der Waals surface area contributed by atoms with Gasteiger partial charge in [-0.2, -0.15) is 5.10 Å². The summed E-state index contributed by atoms with van der Waals surface area (Å²) in [4.78, 5) is 17.4. The van der Waals surface area contributed by atoms with E-state index in [9.17, 15) is 4.79 Å². The standard InChI is InChI=1S/C13H13N5O2S/c1-7-11(8(2)20-18-7)13(19)14-6-10-15-12(17-16-10)9-4-3-5-21-9/h3-5H,6H2,1-2H3,(H,14,19)(H,15,16,17). The number of hydrogen-bond acceptors (Lipinski definition) is 6. The smallest absolute Gasteiger partial charge is 0.257 e. The highest BCUT2D eigenvalue weighted by Crippen LogP contribution is 2.20. The zero-order valence-corrected chi connectivity index (χ0v) is 12.3. The zero-order chi connectivity index (χ0) is 14.8. The summed E-state index contributed by atoms with van der Waals surface area (Å²) in [6.45, 7) is 3.70. The van der Waals surface area contributed by atoms with Crippen LogP contribution in [0.25, 0.3) is 10.7 Å². The fraction of sp³-hybridized carbons (Fsp3) is 0.231. The third kappa shape index (κ3) is 2.70. The molecule has 0 aliphatic carbocycles. The average molecular weight is 303 g/mol. The molecule has 1 amide bonds. The van der Waals surface area contributed by atoms with Gasteiger partial charge in [-0.3, -0.25) is 9.89 Å². The molecule has 0 bridgehead atoms. The molecule has 3 heterocycles. The molecule has 0 radical (unpaired) electrons. The topological polar surface area (TPSA) is 96.7 Å². The lowest BCUT2D eigenvalue weighted by molar-refractivity contribution is 0.0948. The molecule has 0 fully saturated rings. The predicted molar refractivity (Wildman–Crippen MR) is 76.8 cm³/mol. The van der Waals surface area contributed by atoms with Gasteiger partial charge < -0.3 is 9.84 Å². The second-order valence-electron chi connectivity index (χ2n) is 4.46. The van der Waals surface area contributed by atoms with E-state index in [1.54, 1.807) is 25.2 Å². The number of aryl methyl sites for hydroxylation is 2. The summed E-state index contributed by atoms with van der Waals surface area (Å²) in [7, 11) is 0. The summed E-state index contributed by atoms with van der Waals surface area (Å²) >= 11 is 1.56. The van der Waals surface area contributed by atoms with E-state index in [-0.39, 0.29) is 12.5 Å². The van der Waals surface area contributed by atoms with Gasteiger partial charge in [0.05, 0.1) is 17.1 Å². The number of nitrogens with zero attached hydrogens (tertiary/aromatic N) is 3. The molecule has 3 rings (SSSR count). The van der Waals surface area contributed by atoms with Gasteiger partial charge in [-0.1, -0.05) is 11.2 Å². The number of carbonyl (C=O) groups excluding carboxylic acids is 1. The maximum absolute atomic E-state index is 12.1. The van der Waals surface area contributed by atoms with Crippen LogP contribution in [0.5, 0.6) is 0 Å². The van der Waals surface area contributed by atoms with Crippen molar-refractivity contribution in [2.24, 2.45) is 0 Å². The number of amides is 1. The Balaban J connectivity index is 1.67. The molecule has 0 saturated carbocycles. The van der Waals surface area contributed by atoms with Gasteiger partial charge in [0.15, 0.2) is 5.82 Å². The van der Waals surface area contributed by atoms with Crippen molar-refractivity contribution in [2.75, 3.05) is 0 Å². The molecule has 108 valence electrons. The maximum Gasteiger partial charge on any atom is 0.257 e. The van der Waals surface area contributed by atoms with Crippen molar-refractivity contribution in [2.45, 2.75) is 20.4 Å². The SMILES string of the molecule is Cc1noc(C)c1C(=O)NCc1nc(-c2cccs2)n[nH]1. The molecular weight excluding hydrogens is 290 g/mol. The lowest BCUT2D eigenvalue weighted by Gasteiger charge is -2.01. The van der Waals surface area contributed by atoms with Crippen LogP contribution in [0, 0.1) is 13.8 Å². The molecular formula is C13H13N5O2S. The van der Waals surface area contributed by atoms with E-state index < -0.39 is 0 Å². The van der Waals surface area contributed by atoms with Crippen LogP contribution >= 0.6 is 11.3 Å². The Bertz CT molecular complexity index is 740. The van der Waals surface area contributed by atoms with Crippen LogP contribution in [0.1, 0.15) is 27.6 Å². The molecule has 3 aromatic heterocycles. The fourth-order valence-electron chi connectivity index (χ4n) is 1.95. The summed E-state index contributed by atoms with van der Waals surface area (Å²) in [6, 6.07) is 3.88. The van der Waals surface area contributed by atoms with Gasteiger partial charge in [-0.05, 0) is 25.3 Å². The highest BCUT2D eigenvalue weighted by Gasteiger charge is 2.17. The third-order valence-corrected chi connectivity index (χ3v) is 3.82. The number of thiophene rings is 1. The van der Waals surface area contributed by atoms with E-state index in [4.69, 9.17) is 4.52 Å². The molecule has 0 spiro atoms. The van der Waals surface area contributed by atoms with Crippen molar-refractivity contribution < 1.29 is 9.32 Å². The van der Waals surface area contributed by atoms with Gasteiger partial charge in [0, 0.05) is 0 Å². The Morgan fingerprint density at radius 1 is 1.48 bits per heavy atom. The van der Waals surface area contributed by atoms with Crippen LogP contribution in [-0.2, 0) is 6.54 Å². The van der Waals surface area contributed by atoms with Crippen LogP contribution in [0.4, 0.5) is 0 Å². The van der Waals surface area contributed by atoms with E-state index in [2.05, 4.69) is 25.7 Å². The summed E-state index contributed by atoms with van der Waals surface area (Å²) in [5.74, 6) is 1.49. The van der Waals surface area contributed by atoms with Crippen LogP contribution in [0.3, 0.4) is 0 Å². The van der Waals surface area contributed by atoms with Crippen molar-refractivity contribution in [3.05, 3.63) is 40.4 Å². The molecule has 7 nitrogen and oxygen atoms in total. The van der Waals surface area contributed by atoms with Crippen LogP contribution in [-0.4, -0.2) is 26.2 Å². The average Bonchev–Trinajstić information content (AvgIpc) is 3.17. The van der Waals surface area contributed by atoms with Gasteiger partial charge >= 0.3 is 0 Å². The van der Waals surface area contributed by atoms with Gasteiger partial charge in [0.1, 0.15) is 17.1 Å². The highest BCUT2D eigenvalue weighted by atomic mass is 32.1. The second kappa shape index (κ2) is 5.49. The van der Waals surface area contributed by atoms with Gasteiger partial charge in [0.25, 0.3) is 5.91 Å². The molecule has 0 saturated heterocycles.